The number of rotatable bonds is 10. The number of nitrogens with zero attached hydrogens (tertiary/aromatic N) is 2. The molecule has 0 spiro atoms. The van der Waals surface area contributed by atoms with Gasteiger partial charge in [-0.3, -0.25) is 14.5 Å². The molecule has 6 nitrogen and oxygen atoms in total. The number of para-hydroxylation sites is 1. The van der Waals surface area contributed by atoms with Crippen LogP contribution >= 0.6 is 11.3 Å². The van der Waals surface area contributed by atoms with Gasteiger partial charge in [-0.15, -0.1) is 11.3 Å². The third-order valence-electron chi connectivity index (χ3n) is 4.41. The van der Waals surface area contributed by atoms with Crippen LogP contribution in [0.25, 0.3) is 0 Å². The summed E-state index contributed by atoms with van der Waals surface area (Å²) in [7, 11) is 3.40. The summed E-state index contributed by atoms with van der Waals surface area (Å²) in [6.07, 6.45) is 0. The van der Waals surface area contributed by atoms with Crippen LogP contribution in [0, 0.1) is 13.8 Å². The van der Waals surface area contributed by atoms with E-state index in [0.29, 0.717) is 19.7 Å². The molecule has 0 aliphatic heterocycles. The van der Waals surface area contributed by atoms with Crippen molar-refractivity contribution < 1.29 is 14.3 Å². The molecule has 0 radical (unpaired) electrons. The van der Waals surface area contributed by atoms with Crippen LogP contribution in [0.1, 0.15) is 16.0 Å². The van der Waals surface area contributed by atoms with Gasteiger partial charge in [0.2, 0.25) is 11.8 Å². The predicted octanol–water partition coefficient (Wildman–Crippen LogP) is 2.91. The quantitative estimate of drug-likeness (QED) is 0.663. The average Bonchev–Trinajstić information content (AvgIpc) is 3.14. The fourth-order valence-corrected chi connectivity index (χ4v) is 3.63. The Kier molecular flexibility index (Phi) is 8.63. The maximum absolute atomic E-state index is 12.7. The first kappa shape index (κ1) is 22.1. The van der Waals surface area contributed by atoms with Crippen molar-refractivity contribution in [1.29, 1.82) is 0 Å². The lowest BCUT2D eigenvalue weighted by Gasteiger charge is -2.25. The molecule has 0 bridgehead atoms. The summed E-state index contributed by atoms with van der Waals surface area (Å²) in [5.74, 6) is -0.151. The summed E-state index contributed by atoms with van der Waals surface area (Å²) in [5.41, 5.74) is 2.88. The first-order valence-corrected chi connectivity index (χ1v) is 10.1. The van der Waals surface area contributed by atoms with Crippen molar-refractivity contribution in [1.82, 2.24) is 9.80 Å². The SMILES string of the molecule is COCCN(Cc1cccs1)C(=O)CN(C)CC(=O)Nc1c(C)cccc1C. The van der Waals surface area contributed by atoms with Crippen LogP contribution < -0.4 is 5.32 Å². The number of likely N-dealkylation sites (N-methyl/N-ethyl adjacent to an activating group) is 1. The number of methoxy groups -OCH3 is 1. The van der Waals surface area contributed by atoms with Crippen LogP contribution in [-0.4, -0.2) is 62.0 Å². The van der Waals surface area contributed by atoms with Crippen LogP contribution in [0.3, 0.4) is 0 Å². The zero-order chi connectivity index (χ0) is 20.5. The van der Waals surface area contributed by atoms with E-state index in [1.807, 2.05) is 49.6 Å². The van der Waals surface area contributed by atoms with E-state index in [9.17, 15) is 9.59 Å². The molecule has 0 unspecified atom stereocenters. The molecule has 1 heterocycles. The number of amides is 2. The van der Waals surface area contributed by atoms with Gasteiger partial charge in [0.15, 0.2) is 0 Å². The lowest BCUT2D eigenvalue weighted by molar-refractivity contribution is -0.133. The number of benzene rings is 1. The van der Waals surface area contributed by atoms with E-state index in [2.05, 4.69) is 5.32 Å². The topological polar surface area (TPSA) is 61.9 Å². The van der Waals surface area contributed by atoms with Crippen LogP contribution in [0.2, 0.25) is 0 Å². The number of nitrogens with one attached hydrogen (secondary N) is 1. The highest BCUT2D eigenvalue weighted by molar-refractivity contribution is 7.09. The molecule has 28 heavy (non-hydrogen) atoms. The number of ether oxygens (including phenoxy) is 1. The zero-order valence-corrected chi connectivity index (χ0v) is 17.8. The maximum atomic E-state index is 12.7. The molecule has 0 fully saturated rings. The average molecular weight is 404 g/mol. The monoisotopic (exact) mass is 403 g/mol. The highest BCUT2D eigenvalue weighted by Crippen LogP contribution is 2.19. The molecule has 1 aromatic carbocycles. The van der Waals surface area contributed by atoms with E-state index in [0.717, 1.165) is 21.7 Å². The normalized spacial score (nSPS) is 10.9. The van der Waals surface area contributed by atoms with Gasteiger partial charge in [0.25, 0.3) is 0 Å². The maximum Gasteiger partial charge on any atom is 0.238 e. The van der Waals surface area contributed by atoms with Gasteiger partial charge in [-0.2, -0.15) is 0 Å². The van der Waals surface area contributed by atoms with Crippen molar-refractivity contribution in [2.24, 2.45) is 0 Å². The van der Waals surface area contributed by atoms with E-state index >= 15 is 0 Å². The molecule has 152 valence electrons. The summed E-state index contributed by atoms with van der Waals surface area (Å²) >= 11 is 1.62. The van der Waals surface area contributed by atoms with Gasteiger partial charge in [-0.1, -0.05) is 24.3 Å². The highest BCUT2D eigenvalue weighted by Gasteiger charge is 2.18. The Morgan fingerprint density at radius 3 is 2.43 bits per heavy atom. The molecule has 0 saturated carbocycles. The second-order valence-electron chi connectivity index (χ2n) is 6.87. The van der Waals surface area contributed by atoms with Gasteiger partial charge in [-0.05, 0) is 43.5 Å². The van der Waals surface area contributed by atoms with Gasteiger partial charge in [0, 0.05) is 24.2 Å². The lowest BCUT2D eigenvalue weighted by atomic mass is 10.1. The van der Waals surface area contributed by atoms with Crippen molar-refractivity contribution in [3.8, 4) is 0 Å². The number of hydrogen-bond acceptors (Lipinski definition) is 5. The molecule has 2 rings (SSSR count). The van der Waals surface area contributed by atoms with Gasteiger partial charge >= 0.3 is 0 Å². The summed E-state index contributed by atoms with van der Waals surface area (Å²) in [5, 5.41) is 4.96. The Hall–Kier alpha value is -2.22. The summed E-state index contributed by atoms with van der Waals surface area (Å²) < 4.78 is 5.13. The minimum atomic E-state index is -0.130. The second-order valence-corrected chi connectivity index (χ2v) is 7.91. The lowest BCUT2D eigenvalue weighted by Crippen LogP contribution is -2.42. The van der Waals surface area contributed by atoms with E-state index < -0.39 is 0 Å². The van der Waals surface area contributed by atoms with Gasteiger partial charge in [-0.25, -0.2) is 0 Å². The van der Waals surface area contributed by atoms with Crippen molar-refractivity contribution in [3.63, 3.8) is 0 Å². The van der Waals surface area contributed by atoms with Gasteiger partial charge in [0.1, 0.15) is 0 Å². The van der Waals surface area contributed by atoms with Crippen LogP contribution in [0.15, 0.2) is 35.7 Å². The van der Waals surface area contributed by atoms with Crippen LogP contribution in [-0.2, 0) is 20.9 Å². The second kappa shape index (κ2) is 10.9. The Bertz CT molecular complexity index is 757. The Morgan fingerprint density at radius 1 is 1.11 bits per heavy atom. The molecule has 0 atom stereocenters. The first-order valence-electron chi connectivity index (χ1n) is 9.24. The van der Waals surface area contributed by atoms with E-state index in [4.69, 9.17) is 4.74 Å². The minimum Gasteiger partial charge on any atom is -0.383 e. The molecule has 1 N–H and O–H groups in total. The van der Waals surface area contributed by atoms with Crippen LogP contribution in [0.5, 0.6) is 0 Å². The molecule has 2 amide bonds. The molecule has 0 aliphatic carbocycles. The molecular formula is C21H29N3O3S. The third kappa shape index (κ3) is 6.74. The Balaban J connectivity index is 1.90. The van der Waals surface area contributed by atoms with Gasteiger partial charge in [0.05, 0.1) is 26.2 Å². The standard InChI is InChI=1S/C21H29N3O3S/c1-16-7-5-8-17(2)21(16)22-19(25)14-23(3)15-20(26)24(10-11-27-4)13-18-9-6-12-28-18/h5-9,12H,10-11,13-15H2,1-4H3,(H,22,25). The van der Waals surface area contributed by atoms with E-state index in [1.165, 1.54) is 0 Å². The molecule has 7 heteroatoms. The summed E-state index contributed by atoms with van der Waals surface area (Å²) in [6, 6.07) is 9.89. The number of aryl methyl sites for hydroxylation is 2. The zero-order valence-electron chi connectivity index (χ0n) is 17.0. The molecule has 1 aromatic heterocycles. The first-order chi connectivity index (χ1) is 13.4. The van der Waals surface area contributed by atoms with Crippen molar-refractivity contribution in [2.75, 3.05) is 45.7 Å². The molecular weight excluding hydrogens is 374 g/mol. The summed E-state index contributed by atoms with van der Waals surface area (Å²) in [4.78, 5) is 29.8. The van der Waals surface area contributed by atoms with Crippen molar-refractivity contribution in [2.45, 2.75) is 20.4 Å². The number of thiophene rings is 1. The smallest absolute Gasteiger partial charge is 0.238 e. The third-order valence-corrected chi connectivity index (χ3v) is 5.27. The Labute approximate surface area is 171 Å². The van der Waals surface area contributed by atoms with Crippen molar-refractivity contribution >= 4 is 28.8 Å². The summed E-state index contributed by atoms with van der Waals surface area (Å²) in [6.45, 7) is 5.82. The number of anilines is 1. The molecule has 0 aliphatic rings. The van der Waals surface area contributed by atoms with E-state index in [-0.39, 0.29) is 24.9 Å². The fourth-order valence-electron chi connectivity index (χ4n) is 2.91. The number of carbonyl (C=O) groups excluding carboxylic acids is 2. The minimum absolute atomic E-state index is 0.0205. The highest BCUT2D eigenvalue weighted by atomic mass is 32.1. The molecule has 2 aromatic rings. The largest absolute Gasteiger partial charge is 0.383 e. The number of hydrogen-bond donors (Lipinski definition) is 1. The van der Waals surface area contributed by atoms with Gasteiger partial charge < -0.3 is 15.0 Å². The van der Waals surface area contributed by atoms with Crippen molar-refractivity contribution in [3.05, 3.63) is 51.7 Å². The van der Waals surface area contributed by atoms with E-state index in [1.54, 1.807) is 35.3 Å². The van der Waals surface area contributed by atoms with Crippen LogP contribution in [0.4, 0.5) is 5.69 Å². The molecule has 0 saturated heterocycles. The Morgan fingerprint density at radius 2 is 1.82 bits per heavy atom. The predicted molar refractivity (Wildman–Crippen MR) is 114 cm³/mol. The number of carbonyl (C=O) groups is 2. The fraction of sp³-hybridized carbons (Fsp3) is 0.429.